The highest BCUT2D eigenvalue weighted by molar-refractivity contribution is 6.34. The van der Waals surface area contributed by atoms with Crippen molar-refractivity contribution in [3.8, 4) is 6.07 Å². The summed E-state index contributed by atoms with van der Waals surface area (Å²) in [6.07, 6.45) is 0.344. The summed E-state index contributed by atoms with van der Waals surface area (Å²) in [5.41, 5.74) is 6.80. The average molecular weight is 236 g/mol. The van der Waals surface area contributed by atoms with Crippen molar-refractivity contribution in [1.82, 2.24) is 0 Å². The quantitative estimate of drug-likeness (QED) is 0.797. The van der Waals surface area contributed by atoms with Gasteiger partial charge in [0.2, 0.25) is 5.91 Å². The second kappa shape index (κ2) is 4.12. The van der Waals surface area contributed by atoms with Gasteiger partial charge in [-0.3, -0.25) is 4.79 Å². The summed E-state index contributed by atoms with van der Waals surface area (Å²) >= 11 is 6.02. The van der Waals surface area contributed by atoms with Crippen LogP contribution in [0.15, 0.2) is 18.2 Å². The third-order valence-corrected chi connectivity index (χ3v) is 2.83. The maximum atomic E-state index is 11.6. The van der Waals surface area contributed by atoms with Gasteiger partial charge in [-0.25, -0.2) is 0 Å². The number of carbonyl (C=O) groups is 1. The van der Waals surface area contributed by atoms with E-state index < -0.39 is 0 Å². The Morgan fingerprint density at radius 2 is 2.31 bits per heavy atom. The number of carbonyl (C=O) groups excluding carboxylic acids is 1. The Kier molecular flexibility index (Phi) is 2.82. The molecule has 1 aromatic rings. The molecule has 1 aromatic carbocycles. The third-order valence-electron chi connectivity index (χ3n) is 2.52. The first-order chi connectivity index (χ1) is 7.61. The number of nitrogens with zero attached hydrogens (tertiary/aromatic N) is 2. The number of hydrogen-bond acceptors (Lipinski definition) is 3. The van der Waals surface area contributed by atoms with Crippen LogP contribution in [-0.2, 0) is 4.79 Å². The lowest BCUT2D eigenvalue weighted by Gasteiger charge is -2.17. The molecule has 0 saturated carbocycles. The molecular formula is C11H10ClN3O. The van der Waals surface area contributed by atoms with Crippen LogP contribution in [0, 0.1) is 11.3 Å². The first-order valence-electron chi connectivity index (χ1n) is 4.87. The van der Waals surface area contributed by atoms with Crippen LogP contribution < -0.4 is 10.6 Å². The molecule has 1 aliphatic rings. The molecule has 0 aliphatic carbocycles. The van der Waals surface area contributed by atoms with Crippen LogP contribution in [0.2, 0.25) is 5.02 Å². The van der Waals surface area contributed by atoms with Crippen molar-refractivity contribution in [2.24, 2.45) is 5.73 Å². The van der Waals surface area contributed by atoms with E-state index in [9.17, 15) is 4.79 Å². The van der Waals surface area contributed by atoms with Gasteiger partial charge in [-0.1, -0.05) is 11.6 Å². The number of rotatable bonds is 1. The van der Waals surface area contributed by atoms with Crippen LogP contribution in [-0.4, -0.2) is 18.5 Å². The highest BCUT2D eigenvalue weighted by atomic mass is 35.5. The Bertz CT molecular complexity index is 481. The molecule has 1 saturated heterocycles. The van der Waals surface area contributed by atoms with E-state index in [2.05, 4.69) is 0 Å². The zero-order chi connectivity index (χ0) is 11.7. The molecule has 0 bridgehead atoms. The molecule has 0 radical (unpaired) electrons. The van der Waals surface area contributed by atoms with Gasteiger partial charge in [0.15, 0.2) is 0 Å². The number of benzene rings is 1. The van der Waals surface area contributed by atoms with Crippen LogP contribution in [0.25, 0.3) is 0 Å². The van der Waals surface area contributed by atoms with Gasteiger partial charge in [0.25, 0.3) is 0 Å². The fourth-order valence-corrected chi connectivity index (χ4v) is 2.05. The molecular weight excluding hydrogens is 226 g/mol. The molecule has 1 amide bonds. The molecule has 1 unspecified atom stereocenters. The largest absolute Gasteiger partial charge is 0.326 e. The standard InChI is InChI=1S/C11H10ClN3O/c12-9-3-7(5-13)1-2-10(9)15-6-8(14)4-11(15)16/h1-3,8H,4,6,14H2. The lowest BCUT2D eigenvalue weighted by atomic mass is 10.2. The van der Waals surface area contributed by atoms with E-state index in [-0.39, 0.29) is 11.9 Å². The fourth-order valence-electron chi connectivity index (χ4n) is 1.76. The zero-order valence-corrected chi connectivity index (χ0v) is 9.24. The van der Waals surface area contributed by atoms with Crippen molar-refractivity contribution < 1.29 is 4.79 Å². The molecule has 1 aliphatic heterocycles. The third kappa shape index (κ3) is 1.87. The Morgan fingerprint density at radius 3 is 2.81 bits per heavy atom. The summed E-state index contributed by atoms with van der Waals surface area (Å²) in [5, 5.41) is 9.11. The minimum Gasteiger partial charge on any atom is -0.326 e. The van der Waals surface area contributed by atoms with Gasteiger partial charge in [0, 0.05) is 19.0 Å². The minimum atomic E-state index is -0.140. The molecule has 1 atom stereocenters. The molecule has 16 heavy (non-hydrogen) atoms. The van der Waals surface area contributed by atoms with Crippen molar-refractivity contribution >= 4 is 23.2 Å². The lowest BCUT2D eigenvalue weighted by molar-refractivity contribution is -0.117. The molecule has 0 aromatic heterocycles. The highest BCUT2D eigenvalue weighted by Crippen LogP contribution is 2.29. The van der Waals surface area contributed by atoms with Gasteiger partial charge < -0.3 is 10.6 Å². The number of anilines is 1. The number of halogens is 1. The predicted molar refractivity (Wildman–Crippen MR) is 61.1 cm³/mol. The monoisotopic (exact) mass is 235 g/mol. The van der Waals surface area contributed by atoms with Gasteiger partial charge in [-0.2, -0.15) is 5.26 Å². The van der Waals surface area contributed by atoms with E-state index in [0.717, 1.165) is 0 Å². The van der Waals surface area contributed by atoms with Crippen molar-refractivity contribution in [1.29, 1.82) is 5.26 Å². The Labute approximate surface area is 98.2 Å². The summed E-state index contributed by atoms with van der Waals surface area (Å²) in [4.78, 5) is 13.2. The summed E-state index contributed by atoms with van der Waals surface area (Å²) in [6.45, 7) is 0.477. The minimum absolute atomic E-state index is 0.0286. The second-order valence-electron chi connectivity index (χ2n) is 3.75. The van der Waals surface area contributed by atoms with E-state index in [1.54, 1.807) is 23.1 Å². The molecule has 0 spiro atoms. The van der Waals surface area contributed by atoms with Crippen LogP contribution >= 0.6 is 11.6 Å². The Hall–Kier alpha value is -1.57. The molecule has 1 heterocycles. The van der Waals surface area contributed by atoms with E-state index in [4.69, 9.17) is 22.6 Å². The van der Waals surface area contributed by atoms with E-state index in [1.807, 2.05) is 6.07 Å². The molecule has 4 nitrogen and oxygen atoms in total. The summed E-state index contributed by atoms with van der Waals surface area (Å²) in [5.74, 6) is -0.0286. The topological polar surface area (TPSA) is 70.1 Å². The SMILES string of the molecule is N#Cc1ccc(N2CC(N)CC2=O)c(Cl)c1. The fraction of sp³-hybridized carbons (Fsp3) is 0.273. The van der Waals surface area contributed by atoms with E-state index >= 15 is 0 Å². The maximum Gasteiger partial charge on any atom is 0.228 e. The number of nitriles is 1. The summed E-state index contributed by atoms with van der Waals surface area (Å²) in [6, 6.07) is 6.72. The second-order valence-corrected chi connectivity index (χ2v) is 4.15. The van der Waals surface area contributed by atoms with Gasteiger partial charge in [0.05, 0.1) is 22.3 Å². The van der Waals surface area contributed by atoms with Crippen molar-refractivity contribution in [3.63, 3.8) is 0 Å². The van der Waals surface area contributed by atoms with Crippen LogP contribution in [0.1, 0.15) is 12.0 Å². The first-order valence-corrected chi connectivity index (χ1v) is 5.25. The zero-order valence-electron chi connectivity index (χ0n) is 8.48. The average Bonchev–Trinajstić information content (AvgIpc) is 2.57. The lowest BCUT2D eigenvalue weighted by Crippen LogP contribution is -2.28. The number of amides is 1. The van der Waals surface area contributed by atoms with Crippen molar-refractivity contribution in [3.05, 3.63) is 28.8 Å². The van der Waals surface area contributed by atoms with E-state index in [0.29, 0.717) is 29.2 Å². The maximum absolute atomic E-state index is 11.6. The molecule has 82 valence electrons. The van der Waals surface area contributed by atoms with Crippen LogP contribution in [0.3, 0.4) is 0 Å². The van der Waals surface area contributed by atoms with Gasteiger partial charge in [0.1, 0.15) is 0 Å². The number of nitrogens with two attached hydrogens (primary N) is 1. The van der Waals surface area contributed by atoms with Crippen LogP contribution in [0.4, 0.5) is 5.69 Å². The smallest absolute Gasteiger partial charge is 0.228 e. The van der Waals surface area contributed by atoms with Crippen molar-refractivity contribution in [2.45, 2.75) is 12.5 Å². The number of hydrogen-bond donors (Lipinski definition) is 1. The summed E-state index contributed by atoms with van der Waals surface area (Å²) in [7, 11) is 0. The highest BCUT2D eigenvalue weighted by Gasteiger charge is 2.29. The molecule has 5 heteroatoms. The van der Waals surface area contributed by atoms with Crippen LogP contribution in [0.5, 0.6) is 0 Å². The van der Waals surface area contributed by atoms with E-state index in [1.165, 1.54) is 0 Å². The van der Waals surface area contributed by atoms with Gasteiger partial charge >= 0.3 is 0 Å². The first kappa shape index (κ1) is 10.9. The normalized spacial score (nSPS) is 19.9. The van der Waals surface area contributed by atoms with Gasteiger partial charge in [-0.05, 0) is 18.2 Å². The molecule has 2 rings (SSSR count). The molecule has 2 N–H and O–H groups in total. The van der Waals surface area contributed by atoms with Crippen molar-refractivity contribution in [2.75, 3.05) is 11.4 Å². The predicted octanol–water partition coefficient (Wildman–Crippen LogP) is 1.28. The summed E-state index contributed by atoms with van der Waals surface area (Å²) < 4.78 is 0. The Balaban J connectivity index is 2.35. The van der Waals surface area contributed by atoms with Gasteiger partial charge in [-0.15, -0.1) is 0 Å². The molecule has 1 fully saturated rings. The Morgan fingerprint density at radius 1 is 1.56 bits per heavy atom.